The van der Waals surface area contributed by atoms with E-state index in [0.717, 1.165) is 10.4 Å². The van der Waals surface area contributed by atoms with Crippen molar-refractivity contribution in [1.29, 1.82) is 0 Å². The summed E-state index contributed by atoms with van der Waals surface area (Å²) in [7, 11) is -3.98. The summed E-state index contributed by atoms with van der Waals surface area (Å²) in [6, 6.07) is 2.63. The first-order valence-corrected chi connectivity index (χ1v) is 9.28. The number of carboxylic acid groups (broad SMARTS) is 1. The fourth-order valence-electron chi connectivity index (χ4n) is 2.66. The molecule has 1 aliphatic rings. The largest absolute Gasteiger partial charge is 0.480 e. The summed E-state index contributed by atoms with van der Waals surface area (Å²) in [5, 5.41) is 11.6. The lowest BCUT2D eigenvalue weighted by Crippen LogP contribution is -2.41. The number of carbonyl (C=O) groups excluding carboxylic acids is 2. The molecule has 2 amide bonds. The van der Waals surface area contributed by atoms with Gasteiger partial charge in [0.1, 0.15) is 10.9 Å². The Bertz CT molecular complexity index is 831. The van der Waals surface area contributed by atoms with Gasteiger partial charge in [-0.05, 0) is 37.5 Å². The summed E-state index contributed by atoms with van der Waals surface area (Å²) in [5.74, 6) is -2.44. The Hall–Kier alpha value is -2.42. The quantitative estimate of drug-likeness (QED) is 0.775. The van der Waals surface area contributed by atoms with Gasteiger partial charge in [-0.2, -0.15) is 0 Å². The van der Waals surface area contributed by atoms with Gasteiger partial charge in [0.05, 0.1) is 5.56 Å². The van der Waals surface area contributed by atoms with Crippen LogP contribution in [-0.4, -0.2) is 48.2 Å². The van der Waals surface area contributed by atoms with Crippen LogP contribution in [0.4, 0.5) is 0 Å². The zero-order chi connectivity index (χ0) is 18.9. The minimum atomic E-state index is -3.98. The van der Waals surface area contributed by atoms with Gasteiger partial charge in [-0.3, -0.25) is 9.59 Å². The highest BCUT2D eigenvalue weighted by molar-refractivity contribution is 7.90. The van der Waals surface area contributed by atoms with E-state index in [9.17, 15) is 27.9 Å². The second-order valence-electron chi connectivity index (χ2n) is 6.18. The molecule has 0 unspecified atom stereocenters. The molecule has 0 aliphatic carbocycles. The van der Waals surface area contributed by atoms with E-state index in [0.29, 0.717) is 0 Å². The van der Waals surface area contributed by atoms with Crippen LogP contribution in [0.5, 0.6) is 0 Å². The molecule has 2 rings (SSSR count). The SMILES string of the molecule is CCN1C(=O)c2ccc(C(=O)N[C@H](CC(C)C)C(=O)O)cc2S1(=O)=O. The van der Waals surface area contributed by atoms with Crippen LogP contribution in [0.25, 0.3) is 0 Å². The fourth-order valence-corrected chi connectivity index (χ4v) is 4.27. The first-order valence-electron chi connectivity index (χ1n) is 7.84. The first-order chi connectivity index (χ1) is 11.6. The van der Waals surface area contributed by atoms with Crippen LogP contribution in [0.2, 0.25) is 0 Å². The number of nitrogens with zero attached hydrogens (tertiary/aromatic N) is 1. The molecule has 1 aliphatic heterocycles. The second kappa shape index (κ2) is 6.83. The Morgan fingerprint density at radius 2 is 1.92 bits per heavy atom. The van der Waals surface area contributed by atoms with Crippen LogP contribution in [0.1, 0.15) is 47.9 Å². The molecule has 136 valence electrons. The number of hydrogen-bond acceptors (Lipinski definition) is 5. The topological polar surface area (TPSA) is 121 Å². The summed E-state index contributed by atoms with van der Waals surface area (Å²) in [6.45, 7) is 5.19. The average Bonchev–Trinajstić information content (AvgIpc) is 2.71. The van der Waals surface area contributed by atoms with Crippen LogP contribution in [0, 0.1) is 5.92 Å². The molecule has 0 spiro atoms. The van der Waals surface area contributed by atoms with Crippen LogP contribution in [0.15, 0.2) is 23.1 Å². The number of hydrogen-bond donors (Lipinski definition) is 2. The highest BCUT2D eigenvalue weighted by Crippen LogP contribution is 2.30. The predicted octanol–water partition coefficient (Wildman–Crippen LogP) is 1.08. The molecule has 0 saturated carbocycles. The van der Waals surface area contributed by atoms with Gasteiger partial charge in [0, 0.05) is 12.1 Å². The van der Waals surface area contributed by atoms with Gasteiger partial charge in [-0.15, -0.1) is 0 Å². The maximum absolute atomic E-state index is 12.4. The van der Waals surface area contributed by atoms with Crippen LogP contribution >= 0.6 is 0 Å². The summed E-state index contributed by atoms with van der Waals surface area (Å²) in [4.78, 5) is 35.4. The first kappa shape index (κ1) is 18.9. The Labute approximate surface area is 145 Å². The number of carboxylic acids is 1. The van der Waals surface area contributed by atoms with E-state index >= 15 is 0 Å². The smallest absolute Gasteiger partial charge is 0.326 e. The Morgan fingerprint density at radius 3 is 2.44 bits per heavy atom. The van der Waals surface area contributed by atoms with Gasteiger partial charge in [0.25, 0.3) is 21.8 Å². The standard InChI is InChI=1S/C16H20N2O6S/c1-4-18-15(20)11-6-5-10(8-13(11)25(18,23)24)14(19)17-12(16(21)22)7-9(2)3/h5-6,8-9,12H,4,7H2,1-3H3,(H,17,19)(H,21,22)/t12-/m1/s1. The van der Waals surface area contributed by atoms with Crippen LogP contribution in [0.3, 0.4) is 0 Å². The molecule has 1 heterocycles. The Kier molecular flexibility index (Phi) is 5.17. The minimum absolute atomic E-state index is 0.00709. The molecule has 25 heavy (non-hydrogen) atoms. The molecule has 0 aromatic heterocycles. The van der Waals surface area contributed by atoms with Crippen LogP contribution < -0.4 is 5.32 Å². The lowest BCUT2D eigenvalue weighted by atomic mass is 10.0. The maximum atomic E-state index is 12.4. The Morgan fingerprint density at radius 1 is 1.28 bits per heavy atom. The van der Waals surface area contributed by atoms with Gasteiger partial charge in [0.2, 0.25) is 0 Å². The number of carbonyl (C=O) groups is 3. The maximum Gasteiger partial charge on any atom is 0.326 e. The van der Waals surface area contributed by atoms with Crippen molar-refractivity contribution in [2.75, 3.05) is 6.54 Å². The van der Waals surface area contributed by atoms with Crippen molar-refractivity contribution in [3.63, 3.8) is 0 Å². The molecule has 0 saturated heterocycles. The van der Waals surface area contributed by atoms with E-state index in [4.69, 9.17) is 0 Å². The third-order valence-corrected chi connectivity index (χ3v) is 5.76. The molecular formula is C16H20N2O6S. The highest BCUT2D eigenvalue weighted by atomic mass is 32.2. The second-order valence-corrected chi connectivity index (χ2v) is 8.01. The lowest BCUT2D eigenvalue weighted by molar-refractivity contribution is -0.139. The molecule has 0 fully saturated rings. The molecule has 8 nitrogen and oxygen atoms in total. The van der Waals surface area contributed by atoms with Crippen molar-refractivity contribution in [2.24, 2.45) is 5.92 Å². The molecule has 2 N–H and O–H groups in total. The normalized spacial score (nSPS) is 16.6. The molecule has 1 atom stereocenters. The van der Waals surface area contributed by atoms with Gasteiger partial charge < -0.3 is 10.4 Å². The summed E-state index contributed by atoms with van der Waals surface area (Å²) in [5.41, 5.74) is -0.00144. The summed E-state index contributed by atoms with van der Waals surface area (Å²) in [6.07, 6.45) is 0.242. The zero-order valence-electron chi connectivity index (χ0n) is 14.1. The number of benzene rings is 1. The van der Waals surface area contributed by atoms with E-state index in [2.05, 4.69) is 5.32 Å². The molecule has 0 radical (unpaired) electrons. The van der Waals surface area contributed by atoms with Crippen molar-refractivity contribution in [1.82, 2.24) is 9.62 Å². The highest BCUT2D eigenvalue weighted by Gasteiger charge is 2.40. The fraction of sp³-hybridized carbons (Fsp3) is 0.438. The summed E-state index contributed by atoms with van der Waals surface area (Å²) < 4.78 is 25.4. The molecule has 1 aromatic carbocycles. The van der Waals surface area contributed by atoms with Gasteiger partial charge >= 0.3 is 5.97 Å². The van der Waals surface area contributed by atoms with Crippen molar-refractivity contribution in [3.05, 3.63) is 29.3 Å². The number of aliphatic carboxylic acids is 1. The zero-order valence-corrected chi connectivity index (χ0v) is 15.0. The van der Waals surface area contributed by atoms with E-state index in [1.165, 1.54) is 12.1 Å². The molecule has 1 aromatic rings. The monoisotopic (exact) mass is 368 g/mol. The van der Waals surface area contributed by atoms with Crippen LogP contribution in [-0.2, 0) is 14.8 Å². The summed E-state index contributed by atoms with van der Waals surface area (Å²) >= 11 is 0. The number of nitrogens with one attached hydrogen (secondary N) is 1. The number of sulfonamides is 1. The number of fused-ring (bicyclic) bond motifs is 1. The minimum Gasteiger partial charge on any atom is -0.480 e. The van der Waals surface area contributed by atoms with E-state index in [1.807, 2.05) is 13.8 Å². The van der Waals surface area contributed by atoms with E-state index in [-0.39, 0.29) is 34.9 Å². The third-order valence-electron chi connectivity index (χ3n) is 3.87. The van der Waals surface area contributed by atoms with Crippen molar-refractivity contribution < 1.29 is 27.9 Å². The van der Waals surface area contributed by atoms with E-state index < -0.39 is 33.8 Å². The lowest BCUT2D eigenvalue weighted by Gasteiger charge is -2.16. The van der Waals surface area contributed by atoms with E-state index in [1.54, 1.807) is 6.92 Å². The average molecular weight is 368 g/mol. The van der Waals surface area contributed by atoms with Crippen molar-refractivity contribution >= 4 is 27.8 Å². The number of amides is 2. The van der Waals surface area contributed by atoms with Crippen molar-refractivity contribution in [2.45, 2.75) is 38.1 Å². The van der Waals surface area contributed by atoms with Crippen molar-refractivity contribution in [3.8, 4) is 0 Å². The predicted molar refractivity (Wildman–Crippen MR) is 88.7 cm³/mol. The van der Waals surface area contributed by atoms with Gasteiger partial charge in [0.15, 0.2) is 0 Å². The Balaban J connectivity index is 2.33. The molecular weight excluding hydrogens is 348 g/mol. The number of rotatable bonds is 6. The van der Waals surface area contributed by atoms with Gasteiger partial charge in [-0.25, -0.2) is 17.5 Å². The third kappa shape index (κ3) is 3.51. The van der Waals surface area contributed by atoms with Gasteiger partial charge in [-0.1, -0.05) is 13.8 Å². The molecule has 0 bridgehead atoms. The molecule has 9 heteroatoms.